The lowest BCUT2D eigenvalue weighted by molar-refractivity contribution is -0.144. The summed E-state index contributed by atoms with van der Waals surface area (Å²) in [6.07, 6.45) is 0.0481. The fraction of sp³-hybridized carbons (Fsp3) is 0.417. The first-order valence-corrected chi connectivity index (χ1v) is 6.22. The lowest BCUT2D eigenvalue weighted by Crippen LogP contribution is -2.49. The highest BCUT2D eigenvalue weighted by Crippen LogP contribution is 2.25. The van der Waals surface area contributed by atoms with Crippen LogP contribution < -0.4 is 5.32 Å². The predicted octanol–water partition coefficient (Wildman–Crippen LogP) is 1.17. The Morgan fingerprint density at radius 2 is 2.12 bits per heavy atom. The third-order valence-corrected chi connectivity index (χ3v) is 3.62. The van der Waals surface area contributed by atoms with Gasteiger partial charge in [0.25, 0.3) is 0 Å². The average molecular weight is 300 g/mol. The second-order valence-corrected chi connectivity index (χ2v) is 5.35. The van der Waals surface area contributed by atoms with Gasteiger partial charge < -0.3 is 10.2 Å². The Morgan fingerprint density at radius 1 is 1.47 bits per heavy atom. The zero-order valence-corrected chi connectivity index (χ0v) is 10.8. The number of carbonyl (C=O) groups is 1. The molecule has 0 amide bonds. The summed E-state index contributed by atoms with van der Waals surface area (Å²) < 4.78 is 0.963. The van der Waals surface area contributed by atoms with Crippen LogP contribution in [0.3, 0.4) is 0 Å². The molecule has 1 heterocycles. The molecule has 2 atom stereocenters. The summed E-state index contributed by atoms with van der Waals surface area (Å²) in [4.78, 5) is 11.4. The van der Waals surface area contributed by atoms with Gasteiger partial charge in [-0.2, -0.15) is 0 Å². The molecule has 0 bridgehead atoms. The highest BCUT2D eigenvalue weighted by atomic mass is 79.9. The highest BCUT2D eigenvalue weighted by Gasteiger charge is 2.44. The Kier molecular flexibility index (Phi) is 3.51. The van der Waals surface area contributed by atoms with Gasteiger partial charge in [-0.25, -0.2) is 0 Å². The van der Waals surface area contributed by atoms with Gasteiger partial charge in [0.05, 0.1) is 6.10 Å². The van der Waals surface area contributed by atoms with E-state index in [0.717, 1.165) is 10.0 Å². The highest BCUT2D eigenvalue weighted by molar-refractivity contribution is 9.10. The quantitative estimate of drug-likeness (QED) is 0.784. The van der Waals surface area contributed by atoms with E-state index in [9.17, 15) is 15.0 Å². The van der Waals surface area contributed by atoms with E-state index in [1.54, 1.807) is 0 Å². The van der Waals surface area contributed by atoms with Crippen LogP contribution in [0.2, 0.25) is 0 Å². The van der Waals surface area contributed by atoms with E-state index in [0.29, 0.717) is 13.0 Å². The van der Waals surface area contributed by atoms with Gasteiger partial charge in [0.15, 0.2) is 0 Å². The zero-order chi connectivity index (χ0) is 12.5. The summed E-state index contributed by atoms with van der Waals surface area (Å²) in [5.41, 5.74) is -0.0926. The molecule has 4 nitrogen and oxygen atoms in total. The van der Waals surface area contributed by atoms with Crippen LogP contribution in [0.1, 0.15) is 12.0 Å². The molecule has 1 aliphatic rings. The van der Waals surface area contributed by atoms with Crippen LogP contribution in [0.15, 0.2) is 28.7 Å². The van der Waals surface area contributed by atoms with E-state index >= 15 is 0 Å². The minimum atomic E-state index is -1.03. The molecule has 1 aliphatic heterocycles. The van der Waals surface area contributed by atoms with Crippen molar-refractivity contribution in [1.29, 1.82) is 0 Å². The number of halogens is 1. The van der Waals surface area contributed by atoms with Crippen molar-refractivity contribution >= 4 is 21.9 Å². The monoisotopic (exact) mass is 299 g/mol. The van der Waals surface area contributed by atoms with Gasteiger partial charge in [0.1, 0.15) is 5.54 Å². The molecule has 0 spiro atoms. The van der Waals surface area contributed by atoms with Gasteiger partial charge in [-0.15, -0.1) is 0 Å². The summed E-state index contributed by atoms with van der Waals surface area (Å²) in [6, 6.07) is 7.55. The fourth-order valence-electron chi connectivity index (χ4n) is 2.18. The summed E-state index contributed by atoms with van der Waals surface area (Å²) in [5.74, 6) is -0.906. The molecule has 0 saturated carbocycles. The van der Waals surface area contributed by atoms with Crippen molar-refractivity contribution in [2.45, 2.75) is 24.5 Å². The summed E-state index contributed by atoms with van der Waals surface area (Å²) >= 11 is 3.34. The van der Waals surface area contributed by atoms with Crippen LogP contribution in [0.25, 0.3) is 0 Å². The van der Waals surface area contributed by atoms with E-state index in [1.807, 2.05) is 24.3 Å². The van der Waals surface area contributed by atoms with Gasteiger partial charge in [0.2, 0.25) is 0 Å². The second-order valence-electron chi connectivity index (χ2n) is 4.43. The van der Waals surface area contributed by atoms with E-state index in [1.165, 1.54) is 0 Å². The molecule has 1 fully saturated rings. The average Bonchev–Trinajstić information content (AvgIpc) is 2.65. The number of carboxylic acid groups (broad SMARTS) is 1. The van der Waals surface area contributed by atoms with Crippen molar-refractivity contribution in [3.8, 4) is 0 Å². The molecule has 3 N–H and O–H groups in total. The number of hydrogen-bond donors (Lipinski definition) is 3. The third kappa shape index (κ3) is 2.68. The molecule has 1 saturated heterocycles. The van der Waals surface area contributed by atoms with Gasteiger partial charge in [0, 0.05) is 23.9 Å². The Hall–Kier alpha value is -0.910. The minimum Gasteiger partial charge on any atom is -0.480 e. The third-order valence-electron chi connectivity index (χ3n) is 3.09. The zero-order valence-electron chi connectivity index (χ0n) is 9.19. The molecule has 0 aromatic heterocycles. The largest absolute Gasteiger partial charge is 0.480 e. The Morgan fingerprint density at radius 3 is 2.59 bits per heavy atom. The first-order chi connectivity index (χ1) is 8.02. The molecular weight excluding hydrogens is 286 g/mol. The molecule has 1 aromatic carbocycles. The topological polar surface area (TPSA) is 69.6 Å². The Bertz CT molecular complexity index is 420. The van der Waals surface area contributed by atoms with Gasteiger partial charge in [-0.1, -0.05) is 28.1 Å². The number of rotatable bonds is 3. The van der Waals surface area contributed by atoms with Crippen LogP contribution in [0.4, 0.5) is 0 Å². The number of aliphatic hydroxyl groups is 1. The van der Waals surface area contributed by atoms with Gasteiger partial charge >= 0.3 is 5.97 Å². The summed E-state index contributed by atoms with van der Waals surface area (Å²) in [5, 5.41) is 21.7. The number of benzene rings is 1. The number of nitrogens with one attached hydrogen (secondary N) is 1. The smallest absolute Gasteiger partial charge is 0.324 e. The molecular formula is C12H14BrNO3. The Balaban J connectivity index is 2.19. The second kappa shape index (κ2) is 4.76. The van der Waals surface area contributed by atoms with Crippen molar-refractivity contribution in [3.63, 3.8) is 0 Å². The van der Waals surface area contributed by atoms with Crippen molar-refractivity contribution in [2.24, 2.45) is 0 Å². The first-order valence-electron chi connectivity index (χ1n) is 5.43. The van der Waals surface area contributed by atoms with E-state index < -0.39 is 17.6 Å². The maximum atomic E-state index is 11.4. The van der Waals surface area contributed by atoms with E-state index in [2.05, 4.69) is 21.2 Å². The normalized spacial score (nSPS) is 28.2. The van der Waals surface area contributed by atoms with Crippen LogP contribution in [0, 0.1) is 0 Å². The molecule has 92 valence electrons. The molecule has 5 heteroatoms. The number of β-amino-alcohol motifs (C(OH)–C–C–N with tert-alkyl or cyclic N) is 1. The number of hydrogen-bond acceptors (Lipinski definition) is 3. The van der Waals surface area contributed by atoms with Crippen molar-refractivity contribution in [3.05, 3.63) is 34.3 Å². The van der Waals surface area contributed by atoms with Crippen LogP contribution in [-0.4, -0.2) is 34.4 Å². The SMILES string of the molecule is O=C(O)C1(Cc2ccc(Br)cc2)CC(O)CN1. The standard InChI is InChI=1S/C12H14BrNO3/c13-9-3-1-8(2-4-9)5-12(11(16)17)6-10(15)7-14-12/h1-4,10,14-15H,5-7H2,(H,16,17). The molecule has 1 aromatic rings. The predicted molar refractivity (Wildman–Crippen MR) is 66.8 cm³/mol. The van der Waals surface area contributed by atoms with Crippen LogP contribution in [-0.2, 0) is 11.2 Å². The molecule has 17 heavy (non-hydrogen) atoms. The van der Waals surface area contributed by atoms with Crippen molar-refractivity contribution < 1.29 is 15.0 Å². The molecule has 0 aliphatic carbocycles. The Labute approximate surface area is 108 Å². The number of carboxylic acids is 1. The number of aliphatic carboxylic acids is 1. The maximum absolute atomic E-state index is 11.4. The van der Waals surface area contributed by atoms with Crippen LogP contribution >= 0.6 is 15.9 Å². The van der Waals surface area contributed by atoms with E-state index in [-0.39, 0.29) is 6.42 Å². The van der Waals surface area contributed by atoms with E-state index in [4.69, 9.17) is 0 Å². The first kappa shape index (κ1) is 12.5. The number of aliphatic hydroxyl groups excluding tert-OH is 1. The molecule has 2 unspecified atom stereocenters. The van der Waals surface area contributed by atoms with Crippen LogP contribution in [0.5, 0.6) is 0 Å². The maximum Gasteiger partial charge on any atom is 0.324 e. The van der Waals surface area contributed by atoms with Crippen molar-refractivity contribution in [2.75, 3.05) is 6.54 Å². The lowest BCUT2D eigenvalue weighted by atomic mass is 9.89. The lowest BCUT2D eigenvalue weighted by Gasteiger charge is -2.24. The summed E-state index contributed by atoms with van der Waals surface area (Å²) in [7, 11) is 0. The summed E-state index contributed by atoms with van der Waals surface area (Å²) in [6.45, 7) is 0.336. The van der Waals surface area contributed by atoms with Gasteiger partial charge in [-0.3, -0.25) is 10.1 Å². The fourth-order valence-corrected chi connectivity index (χ4v) is 2.45. The van der Waals surface area contributed by atoms with Gasteiger partial charge in [-0.05, 0) is 17.7 Å². The molecule has 2 rings (SSSR count). The van der Waals surface area contributed by atoms with Crippen molar-refractivity contribution in [1.82, 2.24) is 5.32 Å². The minimum absolute atomic E-state index is 0.248. The molecule has 0 radical (unpaired) electrons.